The van der Waals surface area contributed by atoms with E-state index in [4.69, 9.17) is 21.1 Å². The van der Waals surface area contributed by atoms with Gasteiger partial charge in [0.2, 0.25) is 5.88 Å². The van der Waals surface area contributed by atoms with Crippen molar-refractivity contribution in [1.29, 1.82) is 0 Å². The van der Waals surface area contributed by atoms with E-state index in [-0.39, 0.29) is 17.4 Å². The first-order chi connectivity index (χ1) is 16.5. The Kier molecular flexibility index (Phi) is 5.04. The number of anilines is 1. The van der Waals surface area contributed by atoms with Crippen molar-refractivity contribution in [2.45, 2.75) is 25.2 Å². The van der Waals surface area contributed by atoms with Crippen LogP contribution in [0.2, 0.25) is 5.02 Å². The van der Waals surface area contributed by atoms with Crippen LogP contribution in [-0.2, 0) is 11.2 Å². The number of methoxy groups -OCH3 is 1. The smallest absolute Gasteiger partial charge is 0.274 e. The summed E-state index contributed by atoms with van der Waals surface area (Å²) in [6.45, 7) is 1.85. The van der Waals surface area contributed by atoms with Gasteiger partial charge in [-0.2, -0.15) is 0 Å². The van der Waals surface area contributed by atoms with Gasteiger partial charge in [0.15, 0.2) is 0 Å². The maximum Gasteiger partial charge on any atom is 0.274 e. The second kappa shape index (κ2) is 8.11. The Labute approximate surface area is 199 Å². The Morgan fingerprint density at radius 1 is 1.18 bits per heavy atom. The van der Waals surface area contributed by atoms with Crippen LogP contribution in [0.5, 0.6) is 5.88 Å². The monoisotopic (exact) mass is 479 g/mol. The summed E-state index contributed by atoms with van der Waals surface area (Å²) in [4.78, 5) is 39.7. The standard InChI is InChI=1S/C24H22ClN5O4/c1-33-21-8-14-2-5-29(19(14)11-26-21)24(32)15-9-17-18(10-16(15)25)30-20(23(31)28-17)12-27-22(30)13-3-6-34-7-4-13/h8-13H,2-7H2,1H3,(H,28,31). The van der Waals surface area contributed by atoms with Crippen molar-refractivity contribution in [3.8, 4) is 5.88 Å². The molecular weight excluding hydrogens is 458 g/mol. The molecule has 0 bridgehead atoms. The third-order valence-corrected chi connectivity index (χ3v) is 7.02. The van der Waals surface area contributed by atoms with Crippen LogP contribution in [0.4, 0.5) is 5.69 Å². The number of carbonyl (C=O) groups is 1. The van der Waals surface area contributed by atoms with Gasteiger partial charge in [0.1, 0.15) is 11.3 Å². The molecule has 174 valence electrons. The Balaban J connectivity index is 1.45. The van der Waals surface area contributed by atoms with E-state index in [2.05, 4.69) is 15.0 Å². The SMILES string of the molecule is COc1cc2c(cn1)N(C(=O)c1cc3[nH]c(=O)c4cnc(C5CCOCC5)n4c3cc1Cl)CC2. The molecule has 0 saturated carbocycles. The van der Waals surface area contributed by atoms with Crippen LogP contribution in [0.15, 0.2) is 35.4 Å². The first-order valence-corrected chi connectivity index (χ1v) is 11.6. The highest BCUT2D eigenvalue weighted by atomic mass is 35.5. The van der Waals surface area contributed by atoms with Crippen LogP contribution in [0.3, 0.4) is 0 Å². The lowest BCUT2D eigenvalue weighted by Crippen LogP contribution is -2.29. The van der Waals surface area contributed by atoms with E-state index >= 15 is 0 Å². The number of amides is 1. The third-order valence-electron chi connectivity index (χ3n) is 6.70. The van der Waals surface area contributed by atoms with Crippen molar-refractivity contribution in [3.05, 3.63) is 62.9 Å². The third kappa shape index (κ3) is 3.26. The summed E-state index contributed by atoms with van der Waals surface area (Å²) in [6, 6.07) is 5.24. The number of pyridine rings is 1. The summed E-state index contributed by atoms with van der Waals surface area (Å²) in [5.74, 6) is 1.28. The first kappa shape index (κ1) is 21.1. The van der Waals surface area contributed by atoms with Crippen molar-refractivity contribution >= 4 is 39.7 Å². The topological polar surface area (TPSA) is 102 Å². The van der Waals surface area contributed by atoms with E-state index in [0.29, 0.717) is 59.2 Å². The molecule has 1 saturated heterocycles. The minimum Gasteiger partial charge on any atom is -0.481 e. The van der Waals surface area contributed by atoms with Crippen molar-refractivity contribution in [1.82, 2.24) is 19.4 Å². The number of benzene rings is 1. The van der Waals surface area contributed by atoms with Crippen LogP contribution in [0, 0.1) is 0 Å². The average Bonchev–Trinajstić information content (AvgIpc) is 3.49. The zero-order chi connectivity index (χ0) is 23.4. The van der Waals surface area contributed by atoms with E-state index in [0.717, 1.165) is 29.9 Å². The highest BCUT2D eigenvalue weighted by Gasteiger charge is 2.29. The van der Waals surface area contributed by atoms with E-state index < -0.39 is 0 Å². The fourth-order valence-corrected chi connectivity index (χ4v) is 5.19. The lowest BCUT2D eigenvalue weighted by molar-refractivity contribution is 0.0835. The van der Waals surface area contributed by atoms with Crippen molar-refractivity contribution in [2.75, 3.05) is 31.8 Å². The Bertz CT molecular complexity index is 1510. The number of fused-ring (bicyclic) bond motifs is 4. The van der Waals surface area contributed by atoms with Crippen molar-refractivity contribution < 1.29 is 14.3 Å². The molecule has 5 heterocycles. The Hall–Kier alpha value is -3.43. The van der Waals surface area contributed by atoms with Crippen LogP contribution in [0.1, 0.15) is 40.5 Å². The predicted molar refractivity (Wildman–Crippen MR) is 127 cm³/mol. The second-order valence-electron chi connectivity index (χ2n) is 8.59. The van der Waals surface area contributed by atoms with Crippen molar-refractivity contribution in [2.24, 2.45) is 0 Å². The molecule has 4 aromatic rings. The van der Waals surface area contributed by atoms with Gasteiger partial charge in [-0.25, -0.2) is 9.97 Å². The number of hydrogen-bond donors (Lipinski definition) is 1. The summed E-state index contributed by atoms with van der Waals surface area (Å²) in [6.07, 6.45) is 5.62. The van der Waals surface area contributed by atoms with E-state index in [9.17, 15) is 9.59 Å². The summed E-state index contributed by atoms with van der Waals surface area (Å²) < 4.78 is 12.6. The lowest BCUT2D eigenvalue weighted by atomic mass is 9.99. The van der Waals surface area contributed by atoms with Gasteiger partial charge in [-0.05, 0) is 37.0 Å². The Morgan fingerprint density at radius 2 is 2.00 bits per heavy atom. The van der Waals surface area contributed by atoms with Crippen LogP contribution in [0.25, 0.3) is 16.6 Å². The maximum absolute atomic E-state index is 13.5. The lowest BCUT2D eigenvalue weighted by Gasteiger charge is -2.22. The van der Waals surface area contributed by atoms with Gasteiger partial charge >= 0.3 is 0 Å². The molecule has 1 aromatic carbocycles. The molecule has 1 amide bonds. The number of imidazole rings is 1. The normalized spacial score (nSPS) is 16.4. The number of aromatic amines is 1. The maximum atomic E-state index is 13.5. The van der Waals surface area contributed by atoms with Gasteiger partial charge in [-0.15, -0.1) is 0 Å². The summed E-state index contributed by atoms with van der Waals surface area (Å²) in [5.41, 5.74) is 3.49. The second-order valence-corrected chi connectivity index (χ2v) is 9.00. The number of nitrogens with one attached hydrogen (secondary N) is 1. The molecular formula is C24H22ClN5O4. The number of H-pyrrole nitrogens is 1. The molecule has 0 aliphatic carbocycles. The average molecular weight is 480 g/mol. The number of aromatic nitrogens is 4. The zero-order valence-electron chi connectivity index (χ0n) is 18.5. The summed E-state index contributed by atoms with van der Waals surface area (Å²) >= 11 is 6.67. The highest BCUT2D eigenvalue weighted by molar-refractivity contribution is 6.35. The van der Waals surface area contributed by atoms with E-state index in [1.54, 1.807) is 36.5 Å². The van der Waals surface area contributed by atoms with Gasteiger partial charge in [0.05, 0.1) is 46.8 Å². The van der Waals surface area contributed by atoms with Gasteiger partial charge < -0.3 is 19.4 Å². The molecule has 9 nitrogen and oxygen atoms in total. The van der Waals surface area contributed by atoms with Gasteiger partial charge in [0.25, 0.3) is 11.5 Å². The molecule has 0 unspecified atom stereocenters. The predicted octanol–water partition coefficient (Wildman–Crippen LogP) is 3.33. The fraction of sp³-hybridized carbons (Fsp3) is 0.333. The molecule has 6 rings (SSSR count). The van der Waals surface area contributed by atoms with E-state index in [1.807, 2.05) is 10.5 Å². The Morgan fingerprint density at radius 3 is 2.79 bits per heavy atom. The fourth-order valence-electron chi connectivity index (χ4n) is 4.95. The molecule has 0 radical (unpaired) electrons. The number of nitrogens with zero attached hydrogens (tertiary/aromatic N) is 4. The summed E-state index contributed by atoms with van der Waals surface area (Å²) in [5, 5.41) is 0.312. The molecule has 10 heteroatoms. The van der Waals surface area contributed by atoms with Gasteiger partial charge in [0, 0.05) is 31.7 Å². The van der Waals surface area contributed by atoms with Crippen LogP contribution in [-0.4, -0.2) is 52.1 Å². The molecule has 0 atom stereocenters. The quantitative estimate of drug-likeness (QED) is 0.483. The molecule has 0 spiro atoms. The number of ether oxygens (including phenoxy) is 2. The first-order valence-electron chi connectivity index (χ1n) is 11.2. The van der Waals surface area contributed by atoms with Crippen LogP contribution >= 0.6 is 11.6 Å². The molecule has 1 N–H and O–H groups in total. The summed E-state index contributed by atoms with van der Waals surface area (Å²) in [7, 11) is 1.56. The number of carbonyl (C=O) groups excluding carboxylic acids is 1. The number of hydrogen-bond acceptors (Lipinski definition) is 6. The highest BCUT2D eigenvalue weighted by Crippen LogP contribution is 2.34. The largest absolute Gasteiger partial charge is 0.481 e. The van der Waals surface area contributed by atoms with Crippen molar-refractivity contribution in [3.63, 3.8) is 0 Å². The number of rotatable bonds is 3. The molecule has 3 aromatic heterocycles. The minimum atomic E-state index is -0.262. The molecule has 34 heavy (non-hydrogen) atoms. The minimum absolute atomic E-state index is 0.187. The zero-order valence-corrected chi connectivity index (χ0v) is 19.3. The van der Waals surface area contributed by atoms with Crippen LogP contribution < -0.4 is 15.2 Å². The van der Waals surface area contributed by atoms with Gasteiger partial charge in [-0.1, -0.05) is 11.6 Å². The van der Waals surface area contributed by atoms with Gasteiger partial charge in [-0.3, -0.25) is 14.0 Å². The molecule has 1 fully saturated rings. The van der Waals surface area contributed by atoms with E-state index in [1.165, 1.54) is 0 Å². The molecule has 2 aliphatic heterocycles. The number of halogens is 1. The molecule has 2 aliphatic rings.